The maximum absolute atomic E-state index is 6.03. The van der Waals surface area contributed by atoms with Gasteiger partial charge in [-0.05, 0) is 38.0 Å². The van der Waals surface area contributed by atoms with E-state index in [2.05, 4.69) is 20.1 Å². The van der Waals surface area contributed by atoms with Gasteiger partial charge in [-0.1, -0.05) is 24.1 Å². The van der Waals surface area contributed by atoms with Gasteiger partial charge < -0.3 is 14.6 Å². The summed E-state index contributed by atoms with van der Waals surface area (Å²) in [7, 11) is 0. The average molecular weight is 333 g/mol. The van der Waals surface area contributed by atoms with Crippen LogP contribution in [0.3, 0.4) is 0 Å². The first kappa shape index (κ1) is 15.0. The summed E-state index contributed by atoms with van der Waals surface area (Å²) >= 11 is 6.03. The molecule has 0 saturated carbocycles. The number of fused-ring (bicyclic) bond motifs is 3. The van der Waals surface area contributed by atoms with E-state index in [9.17, 15) is 0 Å². The summed E-state index contributed by atoms with van der Waals surface area (Å²) < 4.78 is 8.28. The molecular formula is C17H21ClN4O. The summed E-state index contributed by atoms with van der Waals surface area (Å²) in [6.07, 6.45) is 4.54. The highest BCUT2D eigenvalue weighted by molar-refractivity contribution is 6.30. The maximum Gasteiger partial charge on any atom is 0.174 e. The molecule has 4 rings (SSSR count). The lowest BCUT2D eigenvalue weighted by molar-refractivity contribution is 0.207. The van der Waals surface area contributed by atoms with E-state index in [0.717, 1.165) is 30.4 Å². The van der Waals surface area contributed by atoms with Crippen molar-refractivity contribution in [2.24, 2.45) is 0 Å². The Hall–Kier alpha value is -1.59. The first-order valence-electron chi connectivity index (χ1n) is 8.29. The number of halogens is 1. The van der Waals surface area contributed by atoms with Crippen LogP contribution in [0.4, 0.5) is 0 Å². The summed E-state index contributed by atoms with van der Waals surface area (Å²) in [5.41, 5.74) is 0. The summed E-state index contributed by atoms with van der Waals surface area (Å²) in [6, 6.07) is 8.53. The Morgan fingerprint density at radius 1 is 1.30 bits per heavy atom. The molecule has 2 aliphatic heterocycles. The Bertz CT molecular complexity index is 702. The fraction of sp³-hybridized carbons (Fsp3) is 0.529. The molecule has 1 aromatic carbocycles. The third-order valence-corrected chi connectivity index (χ3v) is 4.97. The fourth-order valence-electron chi connectivity index (χ4n) is 3.65. The largest absolute Gasteiger partial charge is 0.483 e. The second kappa shape index (κ2) is 6.13. The molecule has 2 bridgehead atoms. The summed E-state index contributed by atoms with van der Waals surface area (Å²) in [5.74, 6) is 2.73. The van der Waals surface area contributed by atoms with E-state index in [4.69, 9.17) is 16.3 Å². The van der Waals surface area contributed by atoms with Gasteiger partial charge in [0.1, 0.15) is 11.6 Å². The van der Waals surface area contributed by atoms with Crippen LogP contribution in [0.1, 0.15) is 43.9 Å². The van der Waals surface area contributed by atoms with E-state index in [0.29, 0.717) is 17.1 Å². The molecule has 0 spiro atoms. The zero-order valence-electron chi connectivity index (χ0n) is 13.2. The zero-order valence-corrected chi connectivity index (χ0v) is 14.0. The van der Waals surface area contributed by atoms with Gasteiger partial charge in [-0.3, -0.25) is 0 Å². The van der Waals surface area contributed by atoms with Crippen molar-refractivity contribution in [3.05, 3.63) is 40.9 Å². The van der Waals surface area contributed by atoms with Crippen molar-refractivity contribution in [3.63, 3.8) is 0 Å². The number of nitrogens with zero attached hydrogens (tertiary/aromatic N) is 3. The summed E-state index contributed by atoms with van der Waals surface area (Å²) in [5, 5.41) is 13.2. The molecule has 1 saturated heterocycles. The van der Waals surface area contributed by atoms with E-state index in [1.165, 1.54) is 19.3 Å². The molecule has 0 aliphatic carbocycles. The molecule has 1 fully saturated rings. The van der Waals surface area contributed by atoms with Crippen LogP contribution in [-0.2, 0) is 13.0 Å². The first-order chi connectivity index (χ1) is 11.2. The molecule has 5 nitrogen and oxygen atoms in total. The van der Waals surface area contributed by atoms with Crippen LogP contribution < -0.4 is 10.1 Å². The highest BCUT2D eigenvalue weighted by Gasteiger charge is 2.30. The van der Waals surface area contributed by atoms with Crippen molar-refractivity contribution in [3.8, 4) is 5.75 Å². The molecule has 3 unspecified atom stereocenters. The van der Waals surface area contributed by atoms with Crippen molar-refractivity contribution in [1.29, 1.82) is 0 Å². The smallest absolute Gasteiger partial charge is 0.174 e. The van der Waals surface area contributed by atoms with Gasteiger partial charge in [0, 0.05) is 30.1 Å². The summed E-state index contributed by atoms with van der Waals surface area (Å²) in [4.78, 5) is 0. The maximum atomic E-state index is 6.03. The van der Waals surface area contributed by atoms with Crippen molar-refractivity contribution in [2.75, 3.05) is 0 Å². The number of benzene rings is 1. The monoisotopic (exact) mass is 332 g/mol. The lowest BCUT2D eigenvalue weighted by atomic mass is 9.98. The molecule has 1 aromatic heterocycles. The topological polar surface area (TPSA) is 52.0 Å². The number of aromatic nitrogens is 3. The molecule has 122 valence electrons. The molecule has 3 heterocycles. The van der Waals surface area contributed by atoms with Gasteiger partial charge >= 0.3 is 0 Å². The Kier molecular flexibility index (Phi) is 3.99. The minimum atomic E-state index is -0.160. The minimum Gasteiger partial charge on any atom is -0.483 e. The second-order valence-electron chi connectivity index (χ2n) is 6.50. The highest BCUT2D eigenvalue weighted by Crippen LogP contribution is 2.27. The lowest BCUT2D eigenvalue weighted by Gasteiger charge is -2.28. The van der Waals surface area contributed by atoms with Gasteiger partial charge in [-0.15, -0.1) is 10.2 Å². The Labute approximate surface area is 141 Å². The van der Waals surface area contributed by atoms with Crippen molar-refractivity contribution in [2.45, 2.75) is 57.3 Å². The van der Waals surface area contributed by atoms with Gasteiger partial charge in [0.2, 0.25) is 0 Å². The molecule has 3 atom stereocenters. The van der Waals surface area contributed by atoms with Gasteiger partial charge in [-0.25, -0.2) is 0 Å². The molecule has 1 N–H and O–H groups in total. The lowest BCUT2D eigenvalue weighted by Crippen LogP contribution is -2.43. The number of rotatable bonds is 3. The molecule has 23 heavy (non-hydrogen) atoms. The minimum absolute atomic E-state index is 0.160. The molecule has 6 heteroatoms. The van der Waals surface area contributed by atoms with E-state index < -0.39 is 0 Å². The third kappa shape index (κ3) is 3.08. The third-order valence-electron chi connectivity index (χ3n) is 4.74. The van der Waals surface area contributed by atoms with Crippen molar-refractivity contribution in [1.82, 2.24) is 20.1 Å². The van der Waals surface area contributed by atoms with Gasteiger partial charge in [0.05, 0.1) is 0 Å². The quantitative estimate of drug-likeness (QED) is 0.938. The van der Waals surface area contributed by atoms with Crippen LogP contribution in [0.2, 0.25) is 5.02 Å². The molecule has 0 radical (unpaired) electrons. The Morgan fingerprint density at radius 2 is 2.17 bits per heavy atom. The Balaban J connectivity index is 1.58. The van der Waals surface area contributed by atoms with Crippen LogP contribution >= 0.6 is 11.6 Å². The van der Waals surface area contributed by atoms with E-state index >= 15 is 0 Å². The molecular weight excluding hydrogens is 312 g/mol. The number of hydrogen-bond acceptors (Lipinski definition) is 4. The number of ether oxygens (including phenoxy) is 1. The van der Waals surface area contributed by atoms with Crippen LogP contribution in [0.5, 0.6) is 5.75 Å². The van der Waals surface area contributed by atoms with Crippen LogP contribution in [0.25, 0.3) is 0 Å². The molecule has 0 amide bonds. The van der Waals surface area contributed by atoms with Gasteiger partial charge in [0.15, 0.2) is 11.9 Å². The van der Waals surface area contributed by atoms with Gasteiger partial charge in [-0.2, -0.15) is 0 Å². The molecule has 2 aromatic rings. The van der Waals surface area contributed by atoms with Crippen LogP contribution in [0, 0.1) is 0 Å². The predicted octanol–water partition coefficient (Wildman–Crippen LogP) is 3.14. The average Bonchev–Trinajstić information content (AvgIpc) is 2.85. The fourth-order valence-corrected chi connectivity index (χ4v) is 3.83. The number of nitrogens with one attached hydrogen (secondary N) is 1. The SMILES string of the molecule is CC(Oc1cccc(Cl)c1)c1nnc2n1CC1CCCC(C2)N1. The highest BCUT2D eigenvalue weighted by atomic mass is 35.5. The van der Waals surface area contributed by atoms with Gasteiger partial charge in [0.25, 0.3) is 0 Å². The Morgan fingerprint density at radius 3 is 3.04 bits per heavy atom. The zero-order chi connectivity index (χ0) is 15.8. The van der Waals surface area contributed by atoms with E-state index in [1.807, 2.05) is 31.2 Å². The van der Waals surface area contributed by atoms with Crippen molar-refractivity contribution < 1.29 is 4.74 Å². The number of hydrogen-bond donors (Lipinski definition) is 1. The number of piperidine rings is 1. The molecule has 2 aliphatic rings. The van der Waals surface area contributed by atoms with Crippen LogP contribution in [-0.4, -0.2) is 26.8 Å². The predicted molar refractivity (Wildman–Crippen MR) is 88.8 cm³/mol. The first-order valence-corrected chi connectivity index (χ1v) is 8.67. The van der Waals surface area contributed by atoms with Crippen LogP contribution in [0.15, 0.2) is 24.3 Å². The van der Waals surface area contributed by atoms with E-state index in [-0.39, 0.29) is 6.10 Å². The second-order valence-corrected chi connectivity index (χ2v) is 6.93. The van der Waals surface area contributed by atoms with E-state index in [1.54, 1.807) is 0 Å². The standard InChI is InChI=1S/C17H21ClN4O/c1-11(23-15-7-2-4-12(18)8-15)17-21-20-16-9-13-5-3-6-14(19-13)10-22(16)17/h2,4,7-8,11,13-14,19H,3,5-6,9-10H2,1H3. The summed E-state index contributed by atoms with van der Waals surface area (Å²) in [6.45, 7) is 2.94. The van der Waals surface area contributed by atoms with Crippen molar-refractivity contribution >= 4 is 11.6 Å². The normalized spacial score (nSPS) is 24.6.